The van der Waals surface area contributed by atoms with Crippen LogP contribution in [0.25, 0.3) is 0 Å². The van der Waals surface area contributed by atoms with E-state index in [4.69, 9.17) is 10.8 Å². The summed E-state index contributed by atoms with van der Waals surface area (Å²) >= 11 is 3.84. The summed E-state index contributed by atoms with van der Waals surface area (Å²) in [5.41, 5.74) is 5.86. The van der Waals surface area contributed by atoms with Gasteiger partial charge in [-0.05, 0) is 0 Å². The molecule has 0 aliphatic heterocycles. The number of hydrogen-bond acceptors (Lipinski definition) is 8. The van der Waals surface area contributed by atoms with Crippen molar-refractivity contribution < 1.29 is 34.2 Å². The average molecular weight is 430 g/mol. The Balaban J connectivity index is 2.72. The molecule has 3 amide bonds. The summed E-state index contributed by atoms with van der Waals surface area (Å²) in [5.74, 6) is -5.23. The van der Waals surface area contributed by atoms with Crippen LogP contribution in [0.2, 0.25) is 0 Å². The fourth-order valence-electron chi connectivity index (χ4n) is 2.10. The molecule has 0 radical (unpaired) electrons. The predicted octanol–water partition coefficient (Wildman–Crippen LogP) is -3.15. The number of thiol groups is 1. The highest BCUT2D eigenvalue weighted by atomic mass is 32.1. The molecule has 3 atom stereocenters. The first-order chi connectivity index (χ1) is 13.6. The van der Waals surface area contributed by atoms with Crippen LogP contribution in [-0.4, -0.2) is 80.3 Å². The molecular weight excluding hydrogens is 408 g/mol. The van der Waals surface area contributed by atoms with Gasteiger partial charge in [-0.15, -0.1) is 0 Å². The van der Waals surface area contributed by atoms with E-state index in [2.05, 4.69) is 38.5 Å². The minimum atomic E-state index is -1.56. The number of H-pyrrole nitrogens is 1. The monoisotopic (exact) mass is 430 g/mol. The van der Waals surface area contributed by atoms with Gasteiger partial charge in [0.1, 0.15) is 12.1 Å². The van der Waals surface area contributed by atoms with Gasteiger partial charge in [-0.2, -0.15) is 12.6 Å². The minimum absolute atomic E-state index is 0.0460. The number of nitrogens with one attached hydrogen (secondary N) is 4. The molecule has 29 heavy (non-hydrogen) atoms. The number of imidazole rings is 1. The summed E-state index contributed by atoms with van der Waals surface area (Å²) in [7, 11) is 0. The molecule has 14 heteroatoms. The standard InChI is InChI=1S/C15H22N6O7S/c16-8(5-29)13(25)18-4-11(22)20-9(2-12(23)24)14(26)21-10(15(27)28)1-7-3-17-6-19-7/h3,6,8-10,29H,1-2,4-5,16H2,(H,17,19)(H,18,25)(H,20,22)(H,21,26)(H,23,24)(H,27,28). The Labute approximate surface area is 170 Å². The molecule has 3 unspecified atom stereocenters. The number of rotatable bonds is 12. The van der Waals surface area contributed by atoms with Gasteiger partial charge in [-0.25, -0.2) is 9.78 Å². The summed E-state index contributed by atoms with van der Waals surface area (Å²) in [5, 5.41) is 24.8. The van der Waals surface area contributed by atoms with Gasteiger partial charge < -0.3 is 36.9 Å². The number of carboxylic acids is 2. The lowest BCUT2D eigenvalue weighted by molar-refractivity contribution is -0.143. The van der Waals surface area contributed by atoms with Crippen LogP contribution in [0.5, 0.6) is 0 Å². The van der Waals surface area contributed by atoms with Gasteiger partial charge in [0, 0.05) is 24.1 Å². The molecule has 0 saturated carbocycles. The normalized spacial score (nSPS) is 13.6. The molecule has 8 N–H and O–H groups in total. The molecule has 1 aromatic rings. The Hall–Kier alpha value is -3.13. The van der Waals surface area contributed by atoms with Gasteiger partial charge >= 0.3 is 11.9 Å². The van der Waals surface area contributed by atoms with Crippen molar-refractivity contribution in [3.8, 4) is 0 Å². The minimum Gasteiger partial charge on any atom is -0.481 e. The topological polar surface area (TPSA) is 217 Å². The number of hydrogen-bond donors (Lipinski definition) is 8. The average Bonchev–Trinajstić information content (AvgIpc) is 3.16. The number of aromatic nitrogens is 2. The second-order valence-electron chi connectivity index (χ2n) is 5.91. The fourth-order valence-corrected chi connectivity index (χ4v) is 2.27. The third-order valence-electron chi connectivity index (χ3n) is 3.58. The highest BCUT2D eigenvalue weighted by molar-refractivity contribution is 7.80. The van der Waals surface area contributed by atoms with Gasteiger partial charge in [-0.1, -0.05) is 0 Å². The van der Waals surface area contributed by atoms with Crippen molar-refractivity contribution in [3.05, 3.63) is 18.2 Å². The van der Waals surface area contributed by atoms with Crippen LogP contribution in [0.1, 0.15) is 12.1 Å². The van der Waals surface area contributed by atoms with Gasteiger partial charge in [-0.3, -0.25) is 19.2 Å². The van der Waals surface area contributed by atoms with E-state index in [-0.39, 0.29) is 12.2 Å². The maximum Gasteiger partial charge on any atom is 0.326 e. The van der Waals surface area contributed by atoms with E-state index in [1.165, 1.54) is 12.5 Å². The van der Waals surface area contributed by atoms with Gasteiger partial charge in [0.25, 0.3) is 0 Å². The Bertz CT molecular complexity index is 742. The number of carboxylic acid groups (broad SMARTS) is 2. The number of nitrogens with zero attached hydrogens (tertiary/aromatic N) is 1. The van der Waals surface area contributed by atoms with Crippen LogP contribution in [0.4, 0.5) is 0 Å². The SMILES string of the molecule is NC(CS)C(=O)NCC(=O)NC(CC(=O)O)C(=O)NC(Cc1cnc[nH]1)C(=O)O. The molecule has 1 rings (SSSR count). The van der Waals surface area contributed by atoms with Crippen LogP contribution in [-0.2, 0) is 30.4 Å². The molecule has 0 aliphatic carbocycles. The summed E-state index contributed by atoms with van der Waals surface area (Å²) in [6.07, 6.45) is 1.78. The maximum absolute atomic E-state index is 12.4. The third-order valence-corrected chi connectivity index (χ3v) is 3.97. The zero-order chi connectivity index (χ0) is 22.0. The number of aliphatic carboxylic acids is 2. The van der Waals surface area contributed by atoms with Gasteiger partial charge in [0.2, 0.25) is 17.7 Å². The summed E-state index contributed by atoms with van der Waals surface area (Å²) in [4.78, 5) is 64.6. The largest absolute Gasteiger partial charge is 0.481 e. The smallest absolute Gasteiger partial charge is 0.326 e. The van der Waals surface area contributed by atoms with E-state index in [1.807, 2.05) is 0 Å². The Kier molecular flexibility index (Phi) is 9.61. The summed E-state index contributed by atoms with van der Waals surface area (Å²) in [6, 6.07) is -3.88. The quantitative estimate of drug-likeness (QED) is 0.157. The number of nitrogens with two attached hydrogens (primary N) is 1. The molecule has 1 aromatic heterocycles. The Morgan fingerprint density at radius 2 is 1.83 bits per heavy atom. The fraction of sp³-hybridized carbons (Fsp3) is 0.467. The first-order valence-electron chi connectivity index (χ1n) is 8.29. The number of carbonyl (C=O) groups is 5. The molecule has 0 aliphatic rings. The molecule has 1 heterocycles. The van der Waals surface area contributed by atoms with Crippen molar-refractivity contribution in [2.45, 2.75) is 31.0 Å². The second-order valence-corrected chi connectivity index (χ2v) is 6.27. The lowest BCUT2D eigenvalue weighted by Crippen LogP contribution is -2.54. The molecule has 160 valence electrons. The number of carbonyl (C=O) groups excluding carboxylic acids is 3. The Morgan fingerprint density at radius 3 is 2.34 bits per heavy atom. The van der Waals surface area contributed by atoms with Crippen molar-refractivity contribution in [2.24, 2.45) is 5.73 Å². The Morgan fingerprint density at radius 1 is 1.14 bits per heavy atom. The van der Waals surface area contributed by atoms with Crippen molar-refractivity contribution >= 4 is 42.3 Å². The number of aromatic amines is 1. The maximum atomic E-state index is 12.4. The van der Waals surface area contributed by atoms with Gasteiger partial charge in [0.05, 0.1) is 25.3 Å². The summed E-state index contributed by atoms with van der Waals surface area (Å²) in [6.45, 7) is -0.555. The van der Waals surface area contributed by atoms with Crippen LogP contribution >= 0.6 is 12.6 Å². The van der Waals surface area contributed by atoms with Crippen molar-refractivity contribution in [1.82, 2.24) is 25.9 Å². The van der Waals surface area contributed by atoms with Crippen LogP contribution in [0, 0.1) is 0 Å². The van der Waals surface area contributed by atoms with E-state index in [0.29, 0.717) is 5.69 Å². The second kappa shape index (κ2) is 11.7. The highest BCUT2D eigenvalue weighted by Crippen LogP contribution is 2.01. The van der Waals surface area contributed by atoms with Crippen molar-refractivity contribution in [2.75, 3.05) is 12.3 Å². The molecule has 0 bridgehead atoms. The van der Waals surface area contributed by atoms with E-state index < -0.39 is 60.8 Å². The number of amides is 3. The molecule has 0 saturated heterocycles. The zero-order valence-electron chi connectivity index (χ0n) is 15.1. The third kappa shape index (κ3) is 8.61. The molecule has 0 aromatic carbocycles. The lowest BCUT2D eigenvalue weighted by Gasteiger charge is -2.20. The van der Waals surface area contributed by atoms with Crippen LogP contribution in [0.3, 0.4) is 0 Å². The molecule has 0 fully saturated rings. The van der Waals surface area contributed by atoms with E-state index in [0.717, 1.165) is 0 Å². The van der Waals surface area contributed by atoms with Crippen molar-refractivity contribution in [1.29, 1.82) is 0 Å². The lowest BCUT2D eigenvalue weighted by atomic mass is 10.1. The zero-order valence-corrected chi connectivity index (χ0v) is 16.0. The highest BCUT2D eigenvalue weighted by Gasteiger charge is 2.29. The molecular formula is C15H22N6O7S. The van der Waals surface area contributed by atoms with E-state index in [1.54, 1.807) is 0 Å². The first kappa shape index (κ1) is 23.9. The van der Waals surface area contributed by atoms with E-state index >= 15 is 0 Å². The van der Waals surface area contributed by atoms with Crippen LogP contribution in [0.15, 0.2) is 12.5 Å². The predicted molar refractivity (Wildman–Crippen MR) is 101 cm³/mol. The first-order valence-corrected chi connectivity index (χ1v) is 8.93. The molecule has 13 nitrogen and oxygen atoms in total. The van der Waals surface area contributed by atoms with E-state index in [9.17, 15) is 29.1 Å². The van der Waals surface area contributed by atoms with Crippen LogP contribution < -0.4 is 21.7 Å². The van der Waals surface area contributed by atoms with Crippen molar-refractivity contribution in [3.63, 3.8) is 0 Å². The summed E-state index contributed by atoms with van der Waals surface area (Å²) < 4.78 is 0. The molecule has 0 spiro atoms. The van der Waals surface area contributed by atoms with Gasteiger partial charge in [0.15, 0.2) is 0 Å².